The topological polar surface area (TPSA) is 40.5 Å². The number of hydrogen-bond donors (Lipinski definition) is 2. The first-order chi connectivity index (χ1) is 7.26. The lowest BCUT2D eigenvalue weighted by molar-refractivity contribution is 0.150. The van der Waals surface area contributed by atoms with Crippen LogP contribution in [0.1, 0.15) is 30.9 Å². The third kappa shape index (κ3) is 4.45. The molecule has 0 radical (unpaired) electrons. The summed E-state index contributed by atoms with van der Waals surface area (Å²) < 4.78 is 0. The van der Waals surface area contributed by atoms with Gasteiger partial charge in [-0.2, -0.15) is 0 Å². The van der Waals surface area contributed by atoms with Crippen LogP contribution in [0.5, 0.6) is 0 Å². The van der Waals surface area contributed by atoms with Crippen LogP contribution >= 0.6 is 0 Å². The second-order valence-corrected chi connectivity index (χ2v) is 3.89. The molecular weight excluding hydrogens is 188 g/mol. The molecule has 0 saturated heterocycles. The summed E-state index contributed by atoms with van der Waals surface area (Å²) in [6.07, 6.45) is 2.75. The SMILES string of the molecule is CCc1ccc(CC(O)CCCO)cc1. The Hall–Kier alpha value is -0.860. The van der Waals surface area contributed by atoms with Crippen LogP contribution < -0.4 is 0 Å². The average molecular weight is 208 g/mol. The van der Waals surface area contributed by atoms with Gasteiger partial charge in [-0.15, -0.1) is 0 Å². The fourth-order valence-corrected chi connectivity index (χ4v) is 1.61. The van der Waals surface area contributed by atoms with Crippen molar-refractivity contribution in [3.8, 4) is 0 Å². The summed E-state index contributed by atoms with van der Waals surface area (Å²) in [4.78, 5) is 0. The first-order valence-corrected chi connectivity index (χ1v) is 5.63. The second-order valence-electron chi connectivity index (χ2n) is 3.89. The fourth-order valence-electron chi connectivity index (χ4n) is 1.61. The van der Waals surface area contributed by atoms with Crippen molar-refractivity contribution in [1.29, 1.82) is 0 Å². The van der Waals surface area contributed by atoms with Gasteiger partial charge in [-0.1, -0.05) is 31.2 Å². The Kier molecular flexibility index (Phi) is 5.37. The van der Waals surface area contributed by atoms with Gasteiger partial charge in [0.15, 0.2) is 0 Å². The van der Waals surface area contributed by atoms with E-state index in [1.54, 1.807) is 0 Å². The first-order valence-electron chi connectivity index (χ1n) is 5.63. The van der Waals surface area contributed by atoms with Crippen LogP contribution in [0.15, 0.2) is 24.3 Å². The molecule has 15 heavy (non-hydrogen) atoms. The van der Waals surface area contributed by atoms with Crippen molar-refractivity contribution in [2.45, 2.75) is 38.7 Å². The molecule has 1 rings (SSSR count). The minimum Gasteiger partial charge on any atom is -0.396 e. The van der Waals surface area contributed by atoms with E-state index < -0.39 is 0 Å². The van der Waals surface area contributed by atoms with Crippen LogP contribution in [-0.2, 0) is 12.8 Å². The van der Waals surface area contributed by atoms with Crippen molar-refractivity contribution in [2.75, 3.05) is 6.61 Å². The third-order valence-electron chi connectivity index (χ3n) is 2.60. The predicted octanol–water partition coefficient (Wildman–Crippen LogP) is 1.92. The Morgan fingerprint density at radius 1 is 1.13 bits per heavy atom. The van der Waals surface area contributed by atoms with Crippen molar-refractivity contribution in [3.05, 3.63) is 35.4 Å². The quantitative estimate of drug-likeness (QED) is 0.750. The molecular formula is C13H20O2. The largest absolute Gasteiger partial charge is 0.396 e. The molecule has 0 aromatic heterocycles. The predicted molar refractivity (Wildman–Crippen MR) is 61.9 cm³/mol. The summed E-state index contributed by atoms with van der Waals surface area (Å²) in [7, 11) is 0. The van der Waals surface area contributed by atoms with E-state index in [1.165, 1.54) is 5.56 Å². The Labute approximate surface area is 91.6 Å². The maximum absolute atomic E-state index is 9.65. The minimum atomic E-state index is -0.329. The maximum atomic E-state index is 9.65. The molecule has 1 atom stereocenters. The zero-order chi connectivity index (χ0) is 11.1. The van der Waals surface area contributed by atoms with Gasteiger partial charge in [-0.3, -0.25) is 0 Å². The van der Waals surface area contributed by atoms with E-state index in [2.05, 4.69) is 31.2 Å². The number of aryl methyl sites for hydroxylation is 1. The van der Waals surface area contributed by atoms with Gasteiger partial charge < -0.3 is 10.2 Å². The van der Waals surface area contributed by atoms with Gasteiger partial charge in [0.25, 0.3) is 0 Å². The molecule has 1 aromatic carbocycles. The van der Waals surface area contributed by atoms with Crippen LogP contribution in [0.25, 0.3) is 0 Å². The van der Waals surface area contributed by atoms with E-state index in [-0.39, 0.29) is 12.7 Å². The molecule has 0 fully saturated rings. The van der Waals surface area contributed by atoms with Gasteiger partial charge in [-0.05, 0) is 36.8 Å². The smallest absolute Gasteiger partial charge is 0.0581 e. The highest BCUT2D eigenvalue weighted by Gasteiger charge is 2.04. The lowest BCUT2D eigenvalue weighted by Gasteiger charge is -2.09. The van der Waals surface area contributed by atoms with E-state index in [1.807, 2.05) is 0 Å². The van der Waals surface area contributed by atoms with Crippen LogP contribution in [0.3, 0.4) is 0 Å². The zero-order valence-electron chi connectivity index (χ0n) is 9.32. The molecule has 0 aliphatic rings. The maximum Gasteiger partial charge on any atom is 0.0581 e. The molecule has 0 heterocycles. The highest BCUT2D eigenvalue weighted by molar-refractivity contribution is 5.22. The summed E-state index contributed by atoms with van der Waals surface area (Å²) in [5, 5.41) is 18.3. The summed E-state index contributed by atoms with van der Waals surface area (Å²) in [5.74, 6) is 0. The molecule has 0 spiro atoms. The molecule has 2 nitrogen and oxygen atoms in total. The van der Waals surface area contributed by atoms with E-state index in [0.717, 1.165) is 12.0 Å². The Morgan fingerprint density at radius 2 is 1.73 bits per heavy atom. The van der Waals surface area contributed by atoms with Crippen molar-refractivity contribution in [3.63, 3.8) is 0 Å². The van der Waals surface area contributed by atoms with Gasteiger partial charge in [0.2, 0.25) is 0 Å². The summed E-state index contributed by atoms with van der Waals surface area (Å²) in [6.45, 7) is 2.29. The molecule has 0 aliphatic carbocycles. The summed E-state index contributed by atoms with van der Waals surface area (Å²) >= 11 is 0. The second kappa shape index (κ2) is 6.59. The van der Waals surface area contributed by atoms with Gasteiger partial charge in [0, 0.05) is 6.61 Å². The van der Waals surface area contributed by atoms with Gasteiger partial charge in [0.1, 0.15) is 0 Å². The third-order valence-corrected chi connectivity index (χ3v) is 2.60. The highest BCUT2D eigenvalue weighted by atomic mass is 16.3. The molecule has 2 heteroatoms. The van der Waals surface area contributed by atoms with Crippen LogP contribution in [-0.4, -0.2) is 22.9 Å². The van der Waals surface area contributed by atoms with Crippen molar-refractivity contribution in [1.82, 2.24) is 0 Å². The van der Waals surface area contributed by atoms with Crippen LogP contribution in [0, 0.1) is 0 Å². The Bertz CT molecular complexity index is 266. The van der Waals surface area contributed by atoms with Crippen LogP contribution in [0.4, 0.5) is 0 Å². The molecule has 2 N–H and O–H groups in total. The van der Waals surface area contributed by atoms with Crippen molar-refractivity contribution in [2.24, 2.45) is 0 Å². The Balaban J connectivity index is 2.42. The number of hydrogen-bond acceptors (Lipinski definition) is 2. The Morgan fingerprint density at radius 3 is 2.27 bits per heavy atom. The number of aliphatic hydroxyl groups excluding tert-OH is 2. The molecule has 0 bridgehead atoms. The fraction of sp³-hybridized carbons (Fsp3) is 0.538. The van der Waals surface area contributed by atoms with Crippen molar-refractivity contribution >= 4 is 0 Å². The first kappa shape index (κ1) is 12.2. The minimum absolute atomic E-state index is 0.159. The van der Waals surface area contributed by atoms with E-state index >= 15 is 0 Å². The van der Waals surface area contributed by atoms with E-state index in [4.69, 9.17) is 5.11 Å². The highest BCUT2D eigenvalue weighted by Crippen LogP contribution is 2.09. The van der Waals surface area contributed by atoms with Gasteiger partial charge >= 0.3 is 0 Å². The van der Waals surface area contributed by atoms with Gasteiger partial charge in [-0.25, -0.2) is 0 Å². The van der Waals surface area contributed by atoms with Crippen LogP contribution in [0.2, 0.25) is 0 Å². The van der Waals surface area contributed by atoms with Gasteiger partial charge in [0.05, 0.1) is 6.10 Å². The van der Waals surface area contributed by atoms with E-state index in [0.29, 0.717) is 19.3 Å². The average Bonchev–Trinajstić information content (AvgIpc) is 2.27. The lowest BCUT2D eigenvalue weighted by atomic mass is 10.0. The zero-order valence-corrected chi connectivity index (χ0v) is 9.32. The normalized spacial score (nSPS) is 12.7. The molecule has 0 aliphatic heterocycles. The number of rotatable bonds is 6. The lowest BCUT2D eigenvalue weighted by Crippen LogP contribution is -2.10. The molecule has 84 valence electrons. The summed E-state index contributed by atoms with van der Waals surface area (Å²) in [6, 6.07) is 8.35. The standard InChI is InChI=1S/C13H20O2/c1-2-11-5-7-12(8-6-11)10-13(15)4-3-9-14/h5-8,13-15H,2-4,9-10H2,1H3. The molecule has 1 aromatic rings. The van der Waals surface area contributed by atoms with E-state index in [9.17, 15) is 5.11 Å². The number of aliphatic hydroxyl groups is 2. The molecule has 1 unspecified atom stereocenters. The molecule has 0 amide bonds. The summed E-state index contributed by atoms with van der Waals surface area (Å²) in [5.41, 5.74) is 2.49. The molecule has 0 saturated carbocycles. The number of benzene rings is 1. The monoisotopic (exact) mass is 208 g/mol. The van der Waals surface area contributed by atoms with Crippen molar-refractivity contribution < 1.29 is 10.2 Å².